The van der Waals surface area contributed by atoms with E-state index in [1.165, 1.54) is 13.2 Å². The normalized spacial score (nSPS) is 13.6. The van der Waals surface area contributed by atoms with Gasteiger partial charge in [-0.3, -0.25) is 14.9 Å². The Labute approximate surface area is 167 Å². The molecule has 29 heavy (non-hydrogen) atoms. The van der Waals surface area contributed by atoms with Crippen molar-refractivity contribution in [3.63, 3.8) is 0 Å². The van der Waals surface area contributed by atoms with Gasteiger partial charge < -0.3 is 19.7 Å². The summed E-state index contributed by atoms with van der Waals surface area (Å²) in [6.45, 7) is 2.36. The molecule has 1 N–H and O–H groups in total. The first-order valence-corrected chi connectivity index (χ1v) is 9.06. The van der Waals surface area contributed by atoms with Gasteiger partial charge in [-0.2, -0.15) is 0 Å². The van der Waals surface area contributed by atoms with Gasteiger partial charge in [0.2, 0.25) is 0 Å². The molecule has 1 heterocycles. The van der Waals surface area contributed by atoms with E-state index in [4.69, 9.17) is 4.74 Å². The molecular formula is C20H21N3O6. The highest BCUT2D eigenvalue weighted by atomic mass is 16.6. The molecule has 2 aromatic rings. The average molecular weight is 399 g/mol. The highest BCUT2D eigenvalue weighted by Crippen LogP contribution is 2.30. The van der Waals surface area contributed by atoms with Crippen molar-refractivity contribution >= 4 is 23.3 Å². The Hall–Kier alpha value is -3.46. The molecule has 0 spiro atoms. The Morgan fingerprint density at radius 3 is 2.41 bits per heavy atom. The summed E-state index contributed by atoms with van der Waals surface area (Å²) in [6, 6.07) is 11.1. The number of carbonyl (C=O) groups excluding carboxylic acids is 2. The molecule has 1 aliphatic heterocycles. The first-order chi connectivity index (χ1) is 14.0. The van der Waals surface area contributed by atoms with Crippen molar-refractivity contribution in [3.8, 4) is 0 Å². The lowest BCUT2D eigenvalue weighted by Crippen LogP contribution is -2.36. The minimum Gasteiger partial charge on any atom is -0.465 e. The first kappa shape index (κ1) is 20.3. The number of benzene rings is 2. The second kappa shape index (κ2) is 9.16. The summed E-state index contributed by atoms with van der Waals surface area (Å²) >= 11 is 0. The maximum absolute atomic E-state index is 12.5. The zero-order valence-electron chi connectivity index (χ0n) is 15.9. The minimum atomic E-state index is -0.479. The molecular weight excluding hydrogens is 378 g/mol. The summed E-state index contributed by atoms with van der Waals surface area (Å²) < 4.78 is 9.92. The largest absolute Gasteiger partial charge is 0.465 e. The summed E-state index contributed by atoms with van der Waals surface area (Å²) in [5.41, 5.74) is 1.78. The predicted octanol–water partition coefficient (Wildman–Crippen LogP) is 2.15. The van der Waals surface area contributed by atoms with Crippen LogP contribution in [0, 0.1) is 10.1 Å². The number of amides is 1. The van der Waals surface area contributed by atoms with Gasteiger partial charge in [0.15, 0.2) is 0 Å². The molecule has 1 fully saturated rings. The standard InChI is InChI=1S/C20H21N3O6/c1-28-20(25)15-4-2-14(3-5-15)13-21-19(24)16-6-7-17(18(12-16)23(26)27)22-8-10-29-11-9-22/h2-7,12H,8-11,13H2,1H3,(H,21,24). The van der Waals surface area contributed by atoms with Crippen LogP contribution in [0.15, 0.2) is 42.5 Å². The van der Waals surface area contributed by atoms with Crippen molar-refractivity contribution in [2.45, 2.75) is 6.54 Å². The molecule has 0 bridgehead atoms. The lowest BCUT2D eigenvalue weighted by molar-refractivity contribution is -0.384. The number of nitro groups is 1. The van der Waals surface area contributed by atoms with Gasteiger partial charge in [0.25, 0.3) is 11.6 Å². The van der Waals surface area contributed by atoms with Gasteiger partial charge in [-0.05, 0) is 29.8 Å². The van der Waals surface area contributed by atoms with Crippen molar-refractivity contribution in [2.24, 2.45) is 0 Å². The summed E-state index contributed by atoms with van der Waals surface area (Å²) in [5.74, 6) is -0.855. The molecule has 9 heteroatoms. The van der Waals surface area contributed by atoms with Gasteiger partial charge in [0.1, 0.15) is 5.69 Å². The quantitative estimate of drug-likeness (QED) is 0.450. The lowest BCUT2D eigenvalue weighted by Gasteiger charge is -2.28. The van der Waals surface area contributed by atoms with Gasteiger partial charge in [-0.25, -0.2) is 4.79 Å². The van der Waals surface area contributed by atoms with Crippen LogP contribution in [-0.4, -0.2) is 50.2 Å². The Morgan fingerprint density at radius 2 is 1.79 bits per heavy atom. The Bertz CT molecular complexity index is 907. The van der Waals surface area contributed by atoms with Crippen LogP contribution in [0.25, 0.3) is 0 Å². The zero-order valence-corrected chi connectivity index (χ0v) is 15.9. The number of hydrogen-bond acceptors (Lipinski definition) is 7. The van der Waals surface area contributed by atoms with E-state index in [1.807, 2.05) is 4.90 Å². The number of methoxy groups -OCH3 is 1. The molecule has 9 nitrogen and oxygen atoms in total. The third-order valence-electron chi connectivity index (χ3n) is 4.61. The fourth-order valence-corrected chi connectivity index (χ4v) is 3.04. The Morgan fingerprint density at radius 1 is 1.14 bits per heavy atom. The fraction of sp³-hybridized carbons (Fsp3) is 0.300. The van der Waals surface area contributed by atoms with Crippen LogP contribution in [0.1, 0.15) is 26.3 Å². The second-order valence-electron chi connectivity index (χ2n) is 6.43. The number of morpholine rings is 1. The van der Waals surface area contributed by atoms with Gasteiger partial charge in [-0.1, -0.05) is 12.1 Å². The second-order valence-corrected chi connectivity index (χ2v) is 6.43. The number of nitrogens with zero attached hydrogens (tertiary/aromatic N) is 2. The van der Waals surface area contributed by atoms with E-state index in [0.29, 0.717) is 37.6 Å². The molecule has 0 atom stereocenters. The topological polar surface area (TPSA) is 111 Å². The van der Waals surface area contributed by atoms with Crippen LogP contribution in [0.3, 0.4) is 0 Å². The van der Waals surface area contributed by atoms with E-state index in [2.05, 4.69) is 10.1 Å². The van der Waals surface area contributed by atoms with Crippen molar-refractivity contribution in [2.75, 3.05) is 38.3 Å². The molecule has 0 aromatic heterocycles. The summed E-state index contributed by atoms with van der Waals surface area (Å²) in [4.78, 5) is 36.8. The molecule has 0 aliphatic carbocycles. The van der Waals surface area contributed by atoms with Crippen LogP contribution in [0.2, 0.25) is 0 Å². The third kappa shape index (κ3) is 4.88. The summed E-state index contributed by atoms with van der Waals surface area (Å²) in [6.07, 6.45) is 0. The Kier molecular flexibility index (Phi) is 6.40. The van der Waals surface area contributed by atoms with Gasteiger partial charge in [-0.15, -0.1) is 0 Å². The molecule has 0 radical (unpaired) electrons. The van der Waals surface area contributed by atoms with Crippen LogP contribution in [-0.2, 0) is 16.0 Å². The molecule has 2 aromatic carbocycles. The predicted molar refractivity (Wildman–Crippen MR) is 105 cm³/mol. The van der Waals surface area contributed by atoms with E-state index in [1.54, 1.807) is 36.4 Å². The maximum atomic E-state index is 12.5. The SMILES string of the molecule is COC(=O)c1ccc(CNC(=O)c2ccc(N3CCOCC3)c([N+](=O)[O-])c2)cc1. The van der Waals surface area contributed by atoms with E-state index in [-0.39, 0.29) is 17.8 Å². The Balaban J connectivity index is 1.69. The smallest absolute Gasteiger partial charge is 0.337 e. The van der Waals surface area contributed by atoms with Crippen molar-refractivity contribution in [1.29, 1.82) is 0 Å². The maximum Gasteiger partial charge on any atom is 0.337 e. The number of anilines is 1. The summed E-state index contributed by atoms with van der Waals surface area (Å²) in [7, 11) is 1.31. The van der Waals surface area contributed by atoms with Crippen molar-refractivity contribution in [3.05, 3.63) is 69.3 Å². The molecule has 0 unspecified atom stereocenters. The third-order valence-corrected chi connectivity index (χ3v) is 4.61. The molecule has 3 rings (SSSR count). The van der Waals surface area contributed by atoms with Crippen molar-refractivity contribution in [1.82, 2.24) is 5.32 Å². The van der Waals surface area contributed by atoms with E-state index < -0.39 is 16.8 Å². The van der Waals surface area contributed by atoms with E-state index in [9.17, 15) is 19.7 Å². The first-order valence-electron chi connectivity index (χ1n) is 9.06. The molecule has 1 amide bonds. The number of carbonyl (C=O) groups is 2. The molecule has 0 saturated carbocycles. The monoisotopic (exact) mass is 399 g/mol. The number of esters is 1. The number of ether oxygens (including phenoxy) is 2. The number of nitro benzene ring substituents is 1. The molecule has 1 aliphatic rings. The number of rotatable bonds is 6. The minimum absolute atomic E-state index is 0.109. The van der Waals surface area contributed by atoms with Crippen LogP contribution >= 0.6 is 0 Å². The van der Waals surface area contributed by atoms with Gasteiger partial charge in [0, 0.05) is 31.3 Å². The lowest BCUT2D eigenvalue weighted by atomic mass is 10.1. The van der Waals surface area contributed by atoms with Crippen LogP contribution < -0.4 is 10.2 Å². The van der Waals surface area contributed by atoms with Gasteiger partial charge in [0.05, 0.1) is 30.8 Å². The van der Waals surface area contributed by atoms with Crippen LogP contribution in [0.5, 0.6) is 0 Å². The fourth-order valence-electron chi connectivity index (χ4n) is 3.04. The molecule has 1 saturated heterocycles. The average Bonchev–Trinajstić information content (AvgIpc) is 2.77. The van der Waals surface area contributed by atoms with E-state index >= 15 is 0 Å². The van der Waals surface area contributed by atoms with Crippen LogP contribution in [0.4, 0.5) is 11.4 Å². The molecule has 152 valence electrons. The highest BCUT2D eigenvalue weighted by molar-refractivity contribution is 5.95. The van der Waals surface area contributed by atoms with Gasteiger partial charge >= 0.3 is 5.97 Å². The van der Waals surface area contributed by atoms with E-state index in [0.717, 1.165) is 5.56 Å². The highest BCUT2D eigenvalue weighted by Gasteiger charge is 2.23. The zero-order chi connectivity index (χ0) is 20.8. The summed E-state index contributed by atoms with van der Waals surface area (Å²) in [5, 5.41) is 14.2. The number of hydrogen-bond donors (Lipinski definition) is 1. The van der Waals surface area contributed by atoms with Crippen molar-refractivity contribution < 1.29 is 24.0 Å². The number of nitrogens with one attached hydrogen (secondary N) is 1.